The van der Waals surface area contributed by atoms with Crippen molar-refractivity contribution in [1.82, 2.24) is 9.55 Å². The number of benzene rings is 1. The van der Waals surface area contributed by atoms with Crippen LogP contribution in [0.1, 0.15) is 10.4 Å². The first-order chi connectivity index (χ1) is 8.27. The molecule has 17 heavy (non-hydrogen) atoms. The first-order valence-electron chi connectivity index (χ1n) is 5.07. The molecule has 0 bridgehead atoms. The molecule has 4 nitrogen and oxygen atoms in total. The van der Waals surface area contributed by atoms with Crippen molar-refractivity contribution in [2.24, 2.45) is 5.73 Å². The van der Waals surface area contributed by atoms with Gasteiger partial charge in [-0.05, 0) is 29.6 Å². The molecule has 0 radical (unpaired) electrons. The summed E-state index contributed by atoms with van der Waals surface area (Å²) in [6, 6.07) is 9.41. The fourth-order valence-corrected chi connectivity index (χ4v) is 2.53. The first-order valence-corrected chi connectivity index (χ1v) is 5.95. The number of carbonyl (C=O) groups excluding carboxylic acids is 1. The quantitative estimate of drug-likeness (QED) is 0.750. The van der Waals surface area contributed by atoms with E-state index in [1.807, 2.05) is 34.2 Å². The van der Waals surface area contributed by atoms with Crippen LogP contribution in [-0.2, 0) is 0 Å². The van der Waals surface area contributed by atoms with Gasteiger partial charge in [-0.1, -0.05) is 6.07 Å². The van der Waals surface area contributed by atoms with Crippen molar-refractivity contribution in [2.75, 3.05) is 0 Å². The molecular weight excluding hydrogens is 234 g/mol. The maximum atomic E-state index is 11.3. The number of primary amides is 1. The molecule has 0 fully saturated rings. The Morgan fingerprint density at radius 1 is 1.29 bits per heavy atom. The molecule has 0 aliphatic rings. The van der Waals surface area contributed by atoms with E-state index in [0.29, 0.717) is 11.1 Å². The van der Waals surface area contributed by atoms with E-state index in [9.17, 15) is 4.79 Å². The standard InChI is InChI=1S/C12H9N3OS/c13-12(16)8-3-1-4-9-11(8)14-7-15(9)10-5-2-6-17-10/h1-7H,(H2,13,16). The molecule has 1 aromatic carbocycles. The Bertz CT molecular complexity index is 685. The van der Waals surface area contributed by atoms with Gasteiger partial charge in [0.1, 0.15) is 16.8 Å². The lowest BCUT2D eigenvalue weighted by Gasteiger charge is -2.01. The second kappa shape index (κ2) is 3.71. The van der Waals surface area contributed by atoms with Crippen LogP contribution in [0.2, 0.25) is 0 Å². The molecule has 0 spiro atoms. The van der Waals surface area contributed by atoms with Gasteiger partial charge in [0, 0.05) is 0 Å². The topological polar surface area (TPSA) is 60.9 Å². The number of imidazole rings is 1. The minimum absolute atomic E-state index is 0.452. The van der Waals surface area contributed by atoms with Crippen LogP contribution in [0.3, 0.4) is 0 Å². The Morgan fingerprint density at radius 3 is 2.88 bits per heavy atom. The largest absolute Gasteiger partial charge is 0.366 e. The van der Waals surface area contributed by atoms with Crippen LogP contribution in [0.15, 0.2) is 42.0 Å². The Labute approximate surface area is 101 Å². The van der Waals surface area contributed by atoms with Crippen LogP contribution in [-0.4, -0.2) is 15.5 Å². The number of carbonyl (C=O) groups is 1. The number of hydrogen-bond donors (Lipinski definition) is 1. The predicted octanol–water partition coefficient (Wildman–Crippen LogP) is 2.19. The van der Waals surface area contributed by atoms with Crippen molar-refractivity contribution in [3.8, 4) is 5.00 Å². The molecule has 0 atom stereocenters. The maximum Gasteiger partial charge on any atom is 0.250 e. The van der Waals surface area contributed by atoms with Crippen molar-refractivity contribution < 1.29 is 4.79 Å². The number of nitrogens with zero attached hydrogens (tertiary/aromatic N) is 2. The smallest absolute Gasteiger partial charge is 0.250 e. The van der Waals surface area contributed by atoms with Gasteiger partial charge in [-0.3, -0.25) is 9.36 Å². The van der Waals surface area contributed by atoms with Gasteiger partial charge in [0.05, 0.1) is 11.1 Å². The zero-order chi connectivity index (χ0) is 11.8. The van der Waals surface area contributed by atoms with E-state index in [1.165, 1.54) is 0 Å². The van der Waals surface area contributed by atoms with Gasteiger partial charge < -0.3 is 5.73 Å². The van der Waals surface area contributed by atoms with Crippen LogP contribution in [0.5, 0.6) is 0 Å². The highest BCUT2D eigenvalue weighted by Gasteiger charge is 2.11. The zero-order valence-corrected chi connectivity index (χ0v) is 9.65. The van der Waals surface area contributed by atoms with Crippen LogP contribution >= 0.6 is 11.3 Å². The molecule has 0 saturated carbocycles. The SMILES string of the molecule is NC(=O)c1cccc2c1ncn2-c1cccs1. The average molecular weight is 243 g/mol. The normalized spacial score (nSPS) is 10.8. The van der Waals surface area contributed by atoms with Crippen LogP contribution in [0.25, 0.3) is 16.0 Å². The molecule has 0 aliphatic carbocycles. The van der Waals surface area contributed by atoms with Gasteiger partial charge in [-0.25, -0.2) is 4.98 Å². The summed E-state index contributed by atoms with van der Waals surface area (Å²) in [7, 11) is 0. The molecule has 84 valence electrons. The van der Waals surface area contributed by atoms with Crippen LogP contribution in [0, 0.1) is 0 Å². The Morgan fingerprint density at radius 2 is 2.18 bits per heavy atom. The van der Waals surface area contributed by atoms with Crippen molar-refractivity contribution in [1.29, 1.82) is 0 Å². The van der Waals surface area contributed by atoms with Crippen molar-refractivity contribution in [3.63, 3.8) is 0 Å². The van der Waals surface area contributed by atoms with Gasteiger partial charge in [0.15, 0.2) is 0 Å². The van der Waals surface area contributed by atoms with Crippen LogP contribution < -0.4 is 5.73 Å². The molecule has 2 N–H and O–H groups in total. The van der Waals surface area contributed by atoms with Crippen LogP contribution in [0.4, 0.5) is 0 Å². The van der Waals surface area contributed by atoms with Gasteiger partial charge in [-0.2, -0.15) is 0 Å². The summed E-state index contributed by atoms with van der Waals surface area (Å²) in [4.78, 5) is 15.6. The fraction of sp³-hybridized carbons (Fsp3) is 0. The number of para-hydroxylation sites is 1. The maximum absolute atomic E-state index is 11.3. The third kappa shape index (κ3) is 1.52. The number of aromatic nitrogens is 2. The molecule has 3 rings (SSSR count). The van der Waals surface area contributed by atoms with Gasteiger partial charge in [0.2, 0.25) is 0 Å². The molecule has 5 heteroatoms. The van der Waals surface area contributed by atoms with Crippen molar-refractivity contribution >= 4 is 28.3 Å². The first kappa shape index (κ1) is 10.0. The second-order valence-electron chi connectivity index (χ2n) is 3.60. The highest BCUT2D eigenvalue weighted by molar-refractivity contribution is 7.12. The number of amides is 1. The fourth-order valence-electron chi connectivity index (χ4n) is 1.82. The number of rotatable bonds is 2. The number of hydrogen-bond acceptors (Lipinski definition) is 3. The number of fused-ring (bicyclic) bond motifs is 1. The summed E-state index contributed by atoms with van der Waals surface area (Å²) in [5, 5.41) is 3.06. The van der Waals surface area contributed by atoms with Crippen molar-refractivity contribution in [3.05, 3.63) is 47.6 Å². The van der Waals surface area contributed by atoms with Crippen molar-refractivity contribution in [2.45, 2.75) is 0 Å². The molecule has 0 saturated heterocycles. The Hall–Kier alpha value is -2.14. The third-order valence-electron chi connectivity index (χ3n) is 2.59. The molecule has 2 heterocycles. The molecule has 2 aromatic heterocycles. The minimum Gasteiger partial charge on any atom is -0.366 e. The zero-order valence-electron chi connectivity index (χ0n) is 8.83. The highest BCUT2D eigenvalue weighted by Crippen LogP contribution is 2.23. The summed E-state index contributed by atoms with van der Waals surface area (Å²) in [6.45, 7) is 0. The minimum atomic E-state index is -0.452. The van der Waals surface area contributed by atoms with Gasteiger partial charge in [0.25, 0.3) is 5.91 Å². The lowest BCUT2D eigenvalue weighted by Crippen LogP contribution is -2.11. The highest BCUT2D eigenvalue weighted by atomic mass is 32.1. The average Bonchev–Trinajstić information content (AvgIpc) is 2.96. The monoisotopic (exact) mass is 243 g/mol. The van der Waals surface area contributed by atoms with E-state index in [0.717, 1.165) is 10.5 Å². The van der Waals surface area contributed by atoms with Gasteiger partial charge in [-0.15, -0.1) is 11.3 Å². The Kier molecular flexibility index (Phi) is 2.19. The molecule has 1 amide bonds. The Balaban J connectivity index is 2.31. The summed E-state index contributed by atoms with van der Waals surface area (Å²) >= 11 is 1.62. The molecule has 0 unspecified atom stereocenters. The van der Waals surface area contributed by atoms with E-state index in [-0.39, 0.29) is 0 Å². The summed E-state index contributed by atoms with van der Waals surface area (Å²) in [5.74, 6) is -0.452. The summed E-state index contributed by atoms with van der Waals surface area (Å²) in [5.41, 5.74) is 7.32. The van der Waals surface area contributed by atoms with E-state index in [1.54, 1.807) is 23.7 Å². The second-order valence-corrected chi connectivity index (χ2v) is 4.53. The lowest BCUT2D eigenvalue weighted by molar-refractivity contribution is 0.100. The predicted molar refractivity (Wildman–Crippen MR) is 67.5 cm³/mol. The van der Waals surface area contributed by atoms with E-state index >= 15 is 0 Å². The molecular formula is C12H9N3OS. The van der Waals surface area contributed by atoms with E-state index in [4.69, 9.17) is 5.73 Å². The number of thiophene rings is 1. The molecule has 3 aromatic rings. The lowest BCUT2D eigenvalue weighted by atomic mass is 10.2. The number of nitrogens with two attached hydrogens (primary N) is 1. The molecule has 0 aliphatic heterocycles. The summed E-state index contributed by atoms with van der Waals surface area (Å²) in [6.07, 6.45) is 1.71. The van der Waals surface area contributed by atoms with E-state index in [2.05, 4.69) is 4.98 Å². The summed E-state index contributed by atoms with van der Waals surface area (Å²) < 4.78 is 1.95. The van der Waals surface area contributed by atoms with E-state index < -0.39 is 5.91 Å². The van der Waals surface area contributed by atoms with Gasteiger partial charge >= 0.3 is 0 Å². The third-order valence-corrected chi connectivity index (χ3v) is 3.45.